The maximum Gasteiger partial charge on any atom is 0.321 e. The number of nitrogens with one attached hydrogen (secondary N) is 2. The number of hydrogen-bond acceptors (Lipinski definition) is 5. The fourth-order valence-electron chi connectivity index (χ4n) is 3.10. The lowest BCUT2D eigenvalue weighted by atomic mass is 9.97. The topological polar surface area (TPSA) is 100 Å². The van der Waals surface area contributed by atoms with Crippen LogP contribution in [0.3, 0.4) is 0 Å². The Morgan fingerprint density at radius 3 is 2.84 bits per heavy atom. The third-order valence-electron chi connectivity index (χ3n) is 4.60. The predicted molar refractivity (Wildman–Crippen MR) is 89.1 cm³/mol. The molecule has 2 N–H and O–H groups in total. The number of urea groups is 1. The predicted octanol–water partition coefficient (Wildman–Crippen LogP) is 1.69. The summed E-state index contributed by atoms with van der Waals surface area (Å²) in [6.45, 7) is 1.75. The van der Waals surface area contributed by atoms with Crippen LogP contribution in [0.5, 0.6) is 0 Å². The summed E-state index contributed by atoms with van der Waals surface area (Å²) in [5.41, 5.74) is 0.763. The van der Waals surface area contributed by atoms with Crippen molar-refractivity contribution in [3.8, 4) is 0 Å². The monoisotopic (exact) mass is 341 g/mol. The lowest BCUT2D eigenvalue weighted by Gasteiger charge is -2.36. The lowest BCUT2D eigenvalue weighted by Crippen LogP contribution is -2.50. The zero-order chi connectivity index (χ0) is 17.2. The number of hydrogen-bond donors (Lipinski definition) is 2. The zero-order valence-corrected chi connectivity index (χ0v) is 13.6. The van der Waals surface area contributed by atoms with Crippen molar-refractivity contribution in [3.63, 3.8) is 0 Å². The number of benzene rings is 1. The van der Waals surface area contributed by atoms with Crippen molar-refractivity contribution in [2.45, 2.75) is 24.7 Å². The van der Waals surface area contributed by atoms with E-state index in [9.17, 15) is 9.59 Å². The fourth-order valence-corrected chi connectivity index (χ4v) is 3.10. The number of amides is 3. The summed E-state index contributed by atoms with van der Waals surface area (Å²) in [4.78, 5) is 30.1. The van der Waals surface area contributed by atoms with E-state index in [4.69, 9.17) is 4.52 Å². The van der Waals surface area contributed by atoms with Gasteiger partial charge in [0.05, 0.1) is 5.92 Å². The van der Waals surface area contributed by atoms with E-state index in [1.54, 1.807) is 4.90 Å². The van der Waals surface area contributed by atoms with E-state index in [2.05, 4.69) is 20.8 Å². The molecule has 8 nitrogen and oxygen atoms in total. The first kappa shape index (κ1) is 15.6. The SMILES string of the molecule is O=C1NCCCC1c1noc(C2CN(C(=O)Nc3ccccc3)C2)n1. The van der Waals surface area contributed by atoms with Crippen LogP contribution in [0.1, 0.15) is 36.4 Å². The Labute approximate surface area is 144 Å². The highest BCUT2D eigenvalue weighted by atomic mass is 16.5. The Morgan fingerprint density at radius 1 is 1.28 bits per heavy atom. The molecule has 130 valence electrons. The van der Waals surface area contributed by atoms with E-state index >= 15 is 0 Å². The van der Waals surface area contributed by atoms with Gasteiger partial charge in [0.2, 0.25) is 11.8 Å². The number of carbonyl (C=O) groups is 2. The lowest BCUT2D eigenvalue weighted by molar-refractivity contribution is -0.124. The first-order chi connectivity index (χ1) is 12.2. The van der Waals surface area contributed by atoms with Gasteiger partial charge in [-0.1, -0.05) is 23.4 Å². The Morgan fingerprint density at radius 2 is 2.08 bits per heavy atom. The van der Waals surface area contributed by atoms with Crippen molar-refractivity contribution in [3.05, 3.63) is 42.0 Å². The minimum absolute atomic E-state index is 0.0226. The number of para-hydroxylation sites is 1. The Hall–Kier alpha value is -2.90. The molecule has 2 saturated heterocycles. The van der Waals surface area contributed by atoms with Crippen LogP contribution in [0.25, 0.3) is 0 Å². The molecular weight excluding hydrogens is 322 g/mol. The van der Waals surface area contributed by atoms with Crippen molar-refractivity contribution in [1.29, 1.82) is 0 Å². The van der Waals surface area contributed by atoms with E-state index in [-0.39, 0.29) is 23.8 Å². The molecule has 2 aliphatic rings. The van der Waals surface area contributed by atoms with Gasteiger partial charge in [-0.2, -0.15) is 4.98 Å². The molecule has 1 unspecified atom stereocenters. The van der Waals surface area contributed by atoms with E-state index in [0.29, 0.717) is 31.3 Å². The first-order valence-electron chi connectivity index (χ1n) is 8.43. The first-order valence-corrected chi connectivity index (χ1v) is 8.43. The molecule has 2 aliphatic heterocycles. The molecule has 0 radical (unpaired) electrons. The highest BCUT2D eigenvalue weighted by Crippen LogP contribution is 2.29. The molecule has 0 saturated carbocycles. The van der Waals surface area contributed by atoms with Crippen molar-refractivity contribution >= 4 is 17.6 Å². The van der Waals surface area contributed by atoms with Crippen LogP contribution in [0.15, 0.2) is 34.9 Å². The zero-order valence-electron chi connectivity index (χ0n) is 13.6. The third-order valence-corrected chi connectivity index (χ3v) is 4.60. The second-order valence-electron chi connectivity index (χ2n) is 6.37. The third kappa shape index (κ3) is 3.19. The van der Waals surface area contributed by atoms with E-state index in [0.717, 1.165) is 18.5 Å². The summed E-state index contributed by atoms with van der Waals surface area (Å²) in [7, 11) is 0. The van der Waals surface area contributed by atoms with Gasteiger partial charge in [-0.3, -0.25) is 4.79 Å². The van der Waals surface area contributed by atoms with Crippen LogP contribution in [0.4, 0.5) is 10.5 Å². The van der Waals surface area contributed by atoms with Gasteiger partial charge in [0, 0.05) is 25.3 Å². The molecule has 1 aromatic heterocycles. The normalized spacial score (nSPS) is 20.7. The molecule has 4 rings (SSSR count). The van der Waals surface area contributed by atoms with Gasteiger partial charge >= 0.3 is 6.03 Å². The molecule has 0 aliphatic carbocycles. The number of piperidine rings is 1. The largest absolute Gasteiger partial charge is 0.355 e. The van der Waals surface area contributed by atoms with Gasteiger partial charge in [0.25, 0.3) is 0 Å². The van der Waals surface area contributed by atoms with Gasteiger partial charge in [-0.05, 0) is 25.0 Å². The van der Waals surface area contributed by atoms with Crippen LogP contribution in [0, 0.1) is 0 Å². The van der Waals surface area contributed by atoms with Crippen molar-refractivity contribution in [2.75, 3.05) is 25.0 Å². The molecule has 3 amide bonds. The maximum atomic E-state index is 12.2. The summed E-state index contributed by atoms with van der Waals surface area (Å²) in [5.74, 6) is 0.589. The van der Waals surface area contributed by atoms with Crippen LogP contribution in [-0.2, 0) is 4.79 Å². The van der Waals surface area contributed by atoms with Crippen molar-refractivity contribution in [2.24, 2.45) is 0 Å². The maximum absolute atomic E-state index is 12.2. The highest BCUT2D eigenvalue weighted by molar-refractivity contribution is 5.89. The Kier molecular flexibility index (Phi) is 4.09. The second-order valence-corrected chi connectivity index (χ2v) is 6.37. The van der Waals surface area contributed by atoms with E-state index in [1.807, 2.05) is 30.3 Å². The number of nitrogens with zero attached hydrogens (tertiary/aromatic N) is 3. The molecule has 0 bridgehead atoms. The van der Waals surface area contributed by atoms with Crippen molar-refractivity contribution in [1.82, 2.24) is 20.4 Å². The molecule has 2 fully saturated rings. The smallest absolute Gasteiger partial charge is 0.321 e. The quantitative estimate of drug-likeness (QED) is 0.885. The average molecular weight is 341 g/mol. The standard InChI is InChI=1S/C17H19N5O3/c23-15-13(7-4-8-18-15)14-20-16(25-21-14)11-9-22(10-11)17(24)19-12-5-2-1-3-6-12/h1-3,5-6,11,13H,4,7-10H2,(H,18,23)(H,19,24). The summed E-state index contributed by atoms with van der Waals surface area (Å²) >= 11 is 0. The number of likely N-dealkylation sites (tertiary alicyclic amines) is 1. The number of aromatic nitrogens is 2. The molecule has 8 heteroatoms. The number of carbonyl (C=O) groups excluding carboxylic acids is 2. The van der Waals surface area contributed by atoms with Crippen LogP contribution in [0.2, 0.25) is 0 Å². The fraction of sp³-hybridized carbons (Fsp3) is 0.412. The average Bonchev–Trinajstić information content (AvgIpc) is 3.04. The van der Waals surface area contributed by atoms with Gasteiger partial charge in [0.1, 0.15) is 5.92 Å². The Balaban J connectivity index is 1.33. The molecule has 25 heavy (non-hydrogen) atoms. The van der Waals surface area contributed by atoms with Gasteiger partial charge in [-0.25, -0.2) is 4.79 Å². The van der Waals surface area contributed by atoms with E-state index in [1.165, 1.54) is 0 Å². The minimum atomic E-state index is -0.330. The second kappa shape index (κ2) is 6.54. The van der Waals surface area contributed by atoms with Crippen LogP contribution < -0.4 is 10.6 Å². The van der Waals surface area contributed by atoms with E-state index < -0.39 is 0 Å². The molecular formula is C17H19N5O3. The van der Waals surface area contributed by atoms with Gasteiger partial charge in [0.15, 0.2) is 5.82 Å². The summed E-state index contributed by atoms with van der Waals surface area (Å²) in [6, 6.07) is 9.18. The number of anilines is 1. The highest BCUT2D eigenvalue weighted by Gasteiger charge is 2.37. The summed E-state index contributed by atoms with van der Waals surface area (Å²) < 4.78 is 5.32. The van der Waals surface area contributed by atoms with Gasteiger partial charge < -0.3 is 20.1 Å². The molecule has 0 spiro atoms. The molecule has 1 aromatic carbocycles. The molecule has 3 heterocycles. The minimum Gasteiger partial charge on any atom is -0.355 e. The van der Waals surface area contributed by atoms with Crippen LogP contribution in [-0.4, -0.2) is 46.6 Å². The van der Waals surface area contributed by atoms with Crippen molar-refractivity contribution < 1.29 is 14.1 Å². The summed E-state index contributed by atoms with van der Waals surface area (Å²) in [5, 5.41) is 9.63. The van der Waals surface area contributed by atoms with Gasteiger partial charge in [-0.15, -0.1) is 0 Å². The van der Waals surface area contributed by atoms with Crippen LogP contribution >= 0.6 is 0 Å². The molecule has 2 aromatic rings. The summed E-state index contributed by atoms with van der Waals surface area (Å²) in [6.07, 6.45) is 1.65. The Bertz CT molecular complexity index is 770. The molecule has 1 atom stereocenters. The number of rotatable bonds is 3.